The van der Waals surface area contributed by atoms with Crippen molar-refractivity contribution in [2.24, 2.45) is 0 Å². The van der Waals surface area contributed by atoms with Crippen LogP contribution in [0.25, 0.3) is 11.3 Å². The molecule has 1 N–H and O–H groups in total. The van der Waals surface area contributed by atoms with Crippen LogP contribution in [0.4, 0.5) is 9.52 Å². The van der Waals surface area contributed by atoms with Gasteiger partial charge in [0.15, 0.2) is 5.13 Å². The molecule has 0 unspecified atom stereocenters. The first-order chi connectivity index (χ1) is 12.1. The fourth-order valence-corrected chi connectivity index (χ4v) is 4.03. The summed E-state index contributed by atoms with van der Waals surface area (Å²) in [5.41, 5.74) is 4.02. The molecule has 0 atom stereocenters. The van der Waals surface area contributed by atoms with E-state index in [9.17, 15) is 4.39 Å². The number of hydrogen-bond acceptors (Lipinski definition) is 5. The van der Waals surface area contributed by atoms with Crippen LogP contribution in [0.3, 0.4) is 0 Å². The molecule has 3 heterocycles. The van der Waals surface area contributed by atoms with Gasteiger partial charge in [0.05, 0.1) is 5.69 Å². The average molecular weight is 357 g/mol. The molecular weight excluding hydrogens is 337 g/mol. The van der Waals surface area contributed by atoms with E-state index in [0.717, 1.165) is 48.1 Å². The van der Waals surface area contributed by atoms with E-state index >= 15 is 0 Å². The van der Waals surface area contributed by atoms with Crippen molar-refractivity contribution in [1.29, 1.82) is 0 Å². The molecule has 7 heteroatoms. The van der Waals surface area contributed by atoms with Crippen molar-refractivity contribution >= 4 is 16.5 Å². The quantitative estimate of drug-likeness (QED) is 0.778. The Morgan fingerprint density at radius 1 is 1.36 bits per heavy atom. The van der Waals surface area contributed by atoms with E-state index in [2.05, 4.69) is 20.1 Å². The van der Waals surface area contributed by atoms with Crippen molar-refractivity contribution in [2.75, 3.05) is 25.5 Å². The topological polar surface area (TPSA) is 48.1 Å². The van der Waals surface area contributed by atoms with Gasteiger partial charge in [0.2, 0.25) is 0 Å². The molecule has 5 nitrogen and oxygen atoms in total. The van der Waals surface area contributed by atoms with Crippen LogP contribution in [0.1, 0.15) is 16.1 Å². The molecule has 1 aliphatic heterocycles. The largest absolute Gasteiger partial charge is 0.354 e. The standard InChI is InChI=1S/C18H20FN5S/c1-23(2)18-20-9-14(25-18)10-24-7-6-16-15(11-24)17(22-21-16)12-4-3-5-13(19)8-12/h3-5,8-9H,6-7,10-11H2,1-2H3,(H,21,22). The van der Waals surface area contributed by atoms with Crippen LogP contribution in [0, 0.1) is 5.82 Å². The van der Waals surface area contributed by atoms with Crippen molar-refractivity contribution in [2.45, 2.75) is 19.5 Å². The van der Waals surface area contributed by atoms with E-state index in [0.29, 0.717) is 0 Å². The predicted molar refractivity (Wildman–Crippen MR) is 98.2 cm³/mol. The van der Waals surface area contributed by atoms with E-state index in [1.165, 1.54) is 16.5 Å². The van der Waals surface area contributed by atoms with Gasteiger partial charge in [-0.05, 0) is 12.1 Å². The normalized spacial score (nSPS) is 14.5. The number of halogens is 1. The second-order valence-corrected chi connectivity index (χ2v) is 7.60. The SMILES string of the molecule is CN(C)c1ncc(CN2CCc3[nH]nc(-c4cccc(F)c4)c3C2)s1. The van der Waals surface area contributed by atoms with E-state index in [4.69, 9.17) is 0 Å². The van der Waals surface area contributed by atoms with Crippen molar-refractivity contribution in [3.8, 4) is 11.3 Å². The molecular formula is C18H20FN5S. The number of aromatic nitrogens is 3. The molecule has 0 fully saturated rings. The molecule has 0 radical (unpaired) electrons. The number of anilines is 1. The third-order valence-electron chi connectivity index (χ3n) is 4.41. The zero-order valence-corrected chi connectivity index (χ0v) is 15.1. The summed E-state index contributed by atoms with van der Waals surface area (Å²) in [5, 5.41) is 8.60. The highest BCUT2D eigenvalue weighted by Crippen LogP contribution is 2.30. The summed E-state index contributed by atoms with van der Waals surface area (Å²) in [6, 6.07) is 6.64. The lowest BCUT2D eigenvalue weighted by Crippen LogP contribution is -2.29. The van der Waals surface area contributed by atoms with Gasteiger partial charge in [-0.1, -0.05) is 12.1 Å². The van der Waals surface area contributed by atoms with Crippen LogP contribution in [-0.2, 0) is 19.5 Å². The lowest BCUT2D eigenvalue weighted by atomic mass is 10.0. The molecule has 130 valence electrons. The summed E-state index contributed by atoms with van der Waals surface area (Å²) in [6.07, 6.45) is 2.88. The van der Waals surface area contributed by atoms with Gasteiger partial charge in [-0.3, -0.25) is 10.00 Å². The number of aromatic amines is 1. The molecule has 1 aliphatic rings. The number of fused-ring (bicyclic) bond motifs is 1. The minimum absolute atomic E-state index is 0.234. The second kappa shape index (κ2) is 6.57. The molecule has 3 aromatic rings. The van der Waals surface area contributed by atoms with Gasteiger partial charge in [-0.25, -0.2) is 9.37 Å². The molecule has 0 aliphatic carbocycles. The number of nitrogens with zero attached hydrogens (tertiary/aromatic N) is 4. The van der Waals surface area contributed by atoms with Crippen LogP contribution in [0.2, 0.25) is 0 Å². The van der Waals surface area contributed by atoms with Crippen molar-refractivity contribution in [1.82, 2.24) is 20.1 Å². The number of rotatable bonds is 4. The third kappa shape index (κ3) is 3.29. The summed E-state index contributed by atoms with van der Waals surface area (Å²) in [7, 11) is 4.01. The Kier molecular flexibility index (Phi) is 4.27. The number of thiazole rings is 1. The van der Waals surface area contributed by atoms with Crippen LogP contribution >= 0.6 is 11.3 Å². The summed E-state index contributed by atoms with van der Waals surface area (Å²) < 4.78 is 13.6. The molecule has 1 aromatic carbocycles. The molecule has 4 rings (SSSR count). The number of H-pyrrole nitrogens is 1. The van der Waals surface area contributed by atoms with Gasteiger partial charge in [0, 0.05) is 68.0 Å². The van der Waals surface area contributed by atoms with Crippen LogP contribution in [-0.4, -0.2) is 40.7 Å². The van der Waals surface area contributed by atoms with E-state index in [-0.39, 0.29) is 5.82 Å². The summed E-state index contributed by atoms with van der Waals surface area (Å²) in [6.45, 7) is 2.67. The first kappa shape index (κ1) is 16.2. The van der Waals surface area contributed by atoms with Crippen LogP contribution < -0.4 is 4.90 Å². The van der Waals surface area contributed by atoms with Crippen LogP contribution in [0.5, 0.6) is 0 Å². The number of hydrogen-bond donors (Lipinski definition) is 1. The maximum absolute atomic E-state index is 13.6. The molecule has 0 saturated carbocycles. The Bertz CT molecular complexity index is 885. The van der Waals surface area contributed by atoms with Gasteiger partial charge in [-0.2, -0.15) is 5.10 Å². The highest BCUT2D eigenvalue weighted by atomic mass is 32.1. The van der Waals surface area contributed by atoms with Gasteiger partial charge in [0.1, 0.15) is 5.82 Å². The van der Waals surface area contributed by atoms with E-state index < -0.39 is 0 Å². The third-order valence-corrected chi connectivity index (χ3v) is 5.56. The number of benzene rings is 1. The molecule has 25 heavy (non-hydrogen) atoms. The molecule has 0 bridgehead atoms. The zero-order valence-electron chi connectivity index (χ0n) is 14.3. The van der Waals surface area contributed by atoms with Gasteiger partial charge in [-0.15, -0.1) is 11.3 Å². The van der Waals surface area contributed by atoms with Crippen molar-refractivity contribution < 1.29 is 4.39 Å². The Morgan fingerprint density at radius 2 is 2.24 bits per heavy atom. The highest BCUT2D eigenvalue weighted by Gasteiger charge is 2.23. The monoisotopic (exact) mass is 357 g/mol. The van der Waals surface area contributed by atoms with Crippen molar-refractivity contribution in [3.63, 3.8) is 0 Å². The predicted octanol–water partition coefficient (Wildman–Crippen LogP) is 3.30. The Morgan fingerprint density at radius 3 is 3.00 bits per heavy atom. The van der Waals surface area contributed by atoms with Gasteiger partial charge >= 0.3 is 0 Å². The van der Waals surface area contributed by atoms with E-state index in [1.54, 1.807) is 23.5 Å². The Hall–Kier alpha value is -2.25. The molecule has 0 saturated heterocycles. The summed E-state index contributed by atoms with van der Waals surface area (Å²) >= 11 is 1.72. The minimum Gasteiger partial charge on any atom is -0.354 e. The molecule has 0 amide bonds. The maximum Gasteiger partial charge on any atom is 0.185 e. The smallest absolute Gasteiger partial charge is 0.185 e. The highest BCUT2D eigenvalue weighted by molar-refractivity contribution is 7.15. The second-order valence-electron chi connectivity index (χ2n) is 6.50. The first-order valence-electron chi connectivity index (χ1n) is 8.26. The van der Waals surface area contributed by atoms with Gasteiger partial charge in [0.25, 0.3) is 0 Å². The number of nitrogens with one attached hydrogen (secondary N) is 1. The lowest BCUT2D eigenvalue weighted by molar-refractivity contribution is 0.247. The van der Waals surface area contributed by atoms with Crippen molar-refractivity contribution in [3.05, 3.63) is 52.4 Å². The lowest BCUT2D eigenvalue weighted by Gasteiger charge is -2.26. The zero-order chi connectivity index (χ0) is 17.4. The fourth-order valence-electron chi connectivity index (χ4n) is 3.16. The van der Waals surface area contributed by atoms with Gasteiger partial charge < -0.3 is 4.90 Å². The summed E-state index contributed by atoms with van der Waals surface area (Å²) in [4.78, 5) is 10.1. The summed E-state index contributed by atoms with van der Waals surface area (Å²) in [5.74, 6) is -0.234. The fraction of sp³-hybridized carbons (Fsp3) is 0.333. The maximum atomic E-state index is 13.6. The molecule has 2 aromatic heterocycles. The average Bonchev–Trinajstić information content (AvgIpc) is 3.21. The van der Waals surface area contributed by atoms with Crippen LogP contribution in [0.15, 0.2) is 30.5 Å². The Balaban J connectivity index is 1.55. The first-order valence-corrected chi connectivity index (χ1v) is 9.08. The minimum atomic E-state index is -0.234. The molecule has 0 spiro atoms. The van der Waals surface area contributed by atoms with E-state index in [1.807, 2.05) is 31.3 Å². The Labute approximate surface area is 150 Å².